The first-order valence-electron chi connectivity index (χ1n) is 11.0. The molecule has 1 heterocycles. The zero-order valence-electron chi connectivity index (χ0n) is 20.3. The van der Waals surface area contributed by atoms with Crippen molar-refractivity contribution in [3.8, 4) is 6.07 Å². The molecule has 0 bridgehead atoms. The fraction of sp³-hybridized carbons (Fsp3) is 0.400. The number of benzene rings is 2. The van der Waals surface area contributed by atoms with Crippen molar-refractivity contribution in [1.82, 2.24) is 10.2 Å². The van der Waals surface area contributed by atoms with Crippen LogP contribution in [-0.2, 0) is 5.41 Å². The maximum absolute atomic E-state index is 15.2. The van der Waals surface area contributed by atoms with Gasteiger partial charge in [0.05, 0.1) is 17.1 Å². The Morgan fingerprint density at radius 1 is 1.28 bits per heavy atom. The van der Waals surface area contributed by atoms with E-state index in [9.17, 15) is 20.0 Å². The van der Waals surface area contributed by atoms with Gasteiger partial charge in [-0.2, -0.15) is 5.26 Å². The van der Waals surface area contributed by atoms with Crippen molar-refractivity contribution in [2.24, 2.45) is 17.1 Å². The van der Waals surface area contributed by atoms with Crippen LogP contribution in [0.1, 0.15) is 44.4 Å². The zero-order valence-corrected chi connectivity index (χ0v) is 21.8. The number of likely N-dealkylation sites (tertiary alicyclic amines) is 1. The number of carbonyl (C=O) groups is 2. The molecule has 1 aliphatic heterocycles. The fourth-order valence-electron chi connectivity index (χ4n) is 4.66. The molecule has 1 fully saturated rings. The summed E-state index contributed by atoms with van der Waals surface area (Å²) in [5.74, 6) is -2.17. The number of nitrogens with zero attached hydrogens (tertiary/aromatic N) is 2. The Bertz CT molecular complexity index is 1180. The highest BCUT2D eigenvalue weighted by Crippen LogP contribution is 2.56. The average molecular weight is 541 g/mol. The highest BCUT2D eigenvalue weighted by molar-refractivity contribution is 6.31. The Morgan fingerprint density at radius 3 is 2.36 bits per heavy atom. The van der Waals surface area contributed by atoms with E-state index in [0.717, 1.165) is 11.0 Å². The minimum atomic E-state index is -1.69. The normalized spacial score (nSPS) is 21.2. The van der Waals surface area contributed by atoms with Gasteiger partial charge < -0.3 is 16.2 Å². The molecule has 0 unspecified atom stereocenters. The summed E-state index contributed by atoms with van der Waals surface area (Å²) in [6, 6.07) is 8.55. The number of halogens is 4. The lowest BCUT2D eigenvalue weighted by atomic mass is 9.63. The molecule has 1 saturated heterocycles. The van der Waals surface area contributed by atoms with Gasteiger partial charge in [-0.05, 0) is 30.0 Å². The highest BCUT2D eigenvalue weighted by atomic mass is 35.5. The molecule has 3 rings (SSSR count). The molecule has 2 aromatic carbocycles. The van der Waals surface area contributed by atoms with Crippen LogP contribution >= 0.6 is 23.2 Å². The first kappa shape index (κ1) is 29.1. The van der Waals surface area contributed by atoms with Gasteiger partial charge in [0.2, 0.25) is 0 Å². The Labute approximate surface area is 218 Å². The Balaban J connectivity index is 0.000000830. The van der Waals surface area contributed by atoms with Crippen LogP contribution < -0.4 is 11.1 Å². The van der Waals surface area contributed by atoms with Gasteiger partial charge in [0.25, 0.3) is 0 Å². The van der Waals surface area contributed by atoms with Crippen molar-refractivity contribution in [2.45, 2.75) is 38.6 Å². The molecule has 3 atom stereocenters. The third kappa shape index (κ3) is 6.00. The standard InChI is InChI=1S/C23H22Cl2F2N2O2.C2H6N2O/c1-22(2,3)10-13-11-29(21(30)31)20(15-5-4-6-17(25)19(15)27)23(13,12-28)16-8-7-14(24)9-18(16)26;1-4-2(3)5/h4-9,13,20H,10-11H2,1-3H3,(H,30,31);1H3,(H3,3,4,5)/t13-,20-,23-;/m1./s1. The van der Waals surface area contributed by atoms with Crippen molar-refractivity contribution in [3.05, 3.63) is 69.2 Å². The summed E-state index contributed by atoms with van der Waals surface area (Å²) in [6.07, 6.45) is -0.916. The summed E-state index contributed by atoms with van der Waals surface area (Å²) in [6.45, 7) is 5.79. The molecule has 7 nitrogen and oxygen atoms in total. The Morgan fingerprint density at radius 2 is 1.89 bits per heavy atom. The van der Waals surface area contributed by atoms with E-state index in [-0.39, 0.29) is 33.1 Å². The van der Waals surface area contributed by atoms with E-state index in [1.165, 1.54) is 37.4 Å². The van der Waals surface area contributed by atoms with E-state index in [4.69, 9.17) is 23.2 Å². The molecule has 11 heteroatoms. The summed E-state index contributed by atoms with van der Waals surface area (Å²) in [5, 5.41) is 22.6. The van der Waals surface area contributed by atoms with Crippen LogP contribution in [-0.4, -0.2) is 35.7 Å². The van der Waals surface area contributed by atoms with Gasteiger partial charge in [0.1, 0.15) is 17.0 Å². The average Bonchev–Trinajstić information content (AvgIpc) is 3.09. The number of nitrogens with two attached hydrogens (primary N) is 1. The number of hydrogen-bond acceptors (Lipinski definition) is 3. The van der Waals surface area contributed by atoms with E-state index < -0.39 is 41.1 Å². The molecular weight excluding hydrogens is 513 g/mol. The monoisotopic (exact) mass is 540 g/mol. The number of hydrogen-bond donors (Lipinski definition) is 3. The number of carboxylic acid groups (broad SMARTS) is 1. The topological polar surface area (TPSA) is 119 Å². The van der Waals surface area contributed by atoms with E-state index >= 15 is 8.78 Å². The summed E-state index contributed by atoms with van der Waals surface area (Å²) < 4.78 is 30.4. The lowest BCUT2D eigenvalue weighted by molar-refractivity contribution is 0.133. The van der Waals surface area contributed by atoms with Gasteiger partial charge in [0, 0.05) is 35.7 Å². The first-order chi connectivity index (χ1) is 16.7. The summed E-state index contributed by atoms with van der Waals surface area (Å²) in [4.78, 5) is 22.7. The van der Waals surface area contributed by atoms with Gasteiger partial charge >= 0.3 is 12.1 Å². The van der Waals surface area contributed by atoms with E-state index in [2.05, 4.69) is 17.1 Å². The van der Waals surface area contributed by atoms with Crippen LogP contribution in [0.15, 0.2) is 36.4 Å². The number of carbonyl (C=O) groups excluding carboxylic acids is 1. The Kier molecular flexibility index (Phi) is 9.16. The number of nitriles is 1. The third-order valence-electron chi connectivity index (χ3n) is 5.99. The first-order valence-corrected chi connectivity index (χ1v) is 11.7. The molecule has 0 spiro atoms. The van der Waals surface area contributed by atoms with E-state index in [1.54, 1.807) is 0 Å². The SMILES string of the molecule is CC(C)(C)C[C@@H]1CN(C(=O)O)[C@H](c2cccc(Cl)c2F)[C@@]1(C#N)c1ccc(Cl)cc1F.CNC(N)=O. The predicted molar refractivity (Wildman–Crippen MR) is 134 cm³/mol. The Hall–Kier alpha value is -3.09. The van der Waals surface area contributed by atoms with Gasteiger partial charge in [0.15, 0.2) is 0 Å². The molecule has 36 heavy (non-hydrogen) atoms. The molecule has 4 N–H and O–H groups in total. The molecule has 194 valence electrons. The second-order valence-electron chi connectivity index (χ2n) is 9.66. The molecular formula is C25H28Cl2F2N4O3. The molecule has 3 amide bonds. The zero-order chi connectivity index (χ0) is 27.4. The van der Waals surface area contributed by atoms with Gasteiger partial charge in [-0.1, -0.05) is 62.2 Å². The van der Waals surface area contributed by atoms with Crippen molar-refractivity contribution in [3.63, 3.8) is 0 Å². The van der Waals surface area contributed by atoms with Crippen molar-refractivity contribution < 1.29 is 23.5 Å². The second-order valence-corrected chi connectivity index (χ2v) is 10.5. The molecule has 0 saturated carbocycles. The van der Waals surface area contributed by atoms with Crippen LogP contribution in [0.25, 0.3) is 0 Å². The number of amides is 3. The van der Waals surface area contributed by atoms with Crippen LogP contribution in [0, 0.1) is 34.3 Å². The lowest BCUT2D eigenvalue weighted by Crippen LogP contribution is -2.40. The van der Waals surface area contributed by atoms with Gasteiger partial charge in [-0.25, -0.2) is 18.4 Å². The molecule has 0 aliphatic carbocycles. The number of urea groups is 1. The molecule has 0 aromatic heterocycles. The second kappa shape index (κ2) is 11.3. The van der Waals surface area contributed by atoms with Crippen LogP contribution in [0.5, 0.6) is 0 Å². The highest BCUT2D eigenvalue weighted by Gasteiger charge is 2.60. The molecule has 1 aliphatic rings. The summed E-state index contributed by atoms with van der Waals surface area (Å²) in [5.41, 5.74) is 2.47. The molecule has 0 radical (unpaired) electrons. The van der Waals surface area contributed by atoms with Gasteiger partial charge in [-0.15, -0.1) is 0 Å². The summed E-state index contributed by atoms with van der Waals surface area (Å²) >= 11 is 11.9. The van der Waals surface area contributed by atoms with Crippen LogP contribution in [0.4, 0.5) is 18.4 Å². The smallest absolute Gasteiger partial charge is 0.407 e. The largest absolute Gasteiger partial charge is 0.465 e. The quantitative estimate of drug-likeness (QED) is 0.435. The number of rotatable bonds is 3. The van der Waals surface area contributed by atoms with Gasteiger partial charge in [-0.3, -0.25) is 4.90 Å². The fourth-order valence-corrected chi connectivity index (χ4v) is 5.00. The number of primary amides is 1. The van der Waals surface area contributed by atoms with Crippen molar-refractivity contribution in [2.75, 3.05) is 13.6 Å². The third-order valence-corrected chi connectivity index (χ3v) is 6.52. The van der Waals surface area contributed by atoms with Crippen LogP contribution in [0.3, 0.4) is 0 Å². The summed E-state index contributed by atoms with van der Waals surface area (Å²) in [7, 11) is 1.47. The minimum absolute atomic E-state index is 0.0122. The van der Waals surface area contributed by atoms with Crippen LogP contribution in [0.2, 0.25) is 10.0 Å². The van der Waals surface area contributed by atoms with Crippen molar-refractivity contribution >= 4 is 35.3 Å². The predicted octanol–water partition coefficient (Wildman–Crippen LogP) is 6.10. The van der Waals surface area contributed by atoms with E-state index in [1.807, 2.05) is 20.8 Å². The molecule has 2 aromatic rings. The number of nitrogens with one attached hydrogen (secondary N) is 1. The maximum atomic E-state index is 15.2. The van der Waals surface area contributed by atoms with Crippen molar-refractivity contribution in [1.29, 1.82) is 5.26 Å². The lowest BCUT2D eigenvalue weighted by Gasteiger charge is -2.37. The minimum Gasteiger partial charge on any atom is -0.465 e. The van der Waals surface area contributed by atoms with E-state index in [0.29, 0.717) is 6.42 Å². The maximum Gasteiger partial charge on any atom is 0.407 e.